The minimum Gasteiger partial charge on any atom is -0.399 e. The van der Waals surface area contributed by atoms with Gasteiger partial charge in [-0.25, -0.2) is 9.18 Å². The lowest BCUT2D eigenvalue weighted by atomic mass is 9.79. The van der Waals surface area contributed by atoms with Gasteiger partial charge in [-0.1, -0.05) is 6.07 Å². The fourth-order valence-corrected chi connectivity index (χ4v) is 2.09. The molecular weight excluding hydrogens is 286 g/mol. The molecule has 5 nitrogen and oxygen atoms in total. The normalized spacial score (nSPS) is 19.1. The second-order valence-electron chi connectivity index (χ2n) is 6.31. The van der Waals surface area contributed by atoms with Gasteiger partial charge in [0.1, 0.15) is 5.82 Å². The Morgan fingerprint density at radius 1 is 1.23 bits per heavy atom. The van der Waals surface area contributed by atoms with E-state index in [0.29, 0.717) is 12.0 Å². The standard InChI is InChI=1S/C15H22BFN2O3/c1-6-18-13(20)19-12-8-7-10(9-11(12)17)16-21-14(2,3)15(4,5)22-16/h7-9H,6H2,1-5H3,(H2,18,19,20). The zero-order valence-electron chi connectivity index (χ0n) is 13.6. The van der Waals surface area contributed by atoms with Gasteiger partial charge in [-0.05, 0) is 52.2 Å². The fraction of sp³-hybridized carbons (Fsp3) is 0.533. The molecule has 1 fully saturated rings. The molecule has 2 N–H and O–H groups in total. The number of amides is 2. The number of benzene rings is 1. The average Bonchev–Trinajstić information content (AvgIpc) is 2.61. The lowest BCUT2D eigenvalue weighted by Crippen LogP contribution is -2.41. The summed E-state index contributed by atoms with van der Waals surface area (Å²) in [6.45, 7) is 10.0. The van der Waals surface area contributed by atoms with Crippen LogP contribution in [0.2, 0.25) is 0 Å². The van der Waals surface area contributed by atoms with Crippen LogP contribution in [0.5, 0.6) is 0 Å². The lowest BCUT2D eigenvalue weighted by molar-refractivity contribution is 0.00578. The Balaban J connectivity index is 2.15. The van der Waals surface area contributed by atoms with Gasteiger partial charge in [-0.2, -0.15) is 0 Å². The van der Waals surface area contributed by atoms with E-state index >= 15 is 0 Å². The summed E-state index contributed by atoms with van der Waals surface area (Å²) in [6, 6.07) is 4.08. The lowest BCUT2D eigenvalue weighted by Gasteiger charge is -2.32. The Bertz CT molecular complexity index is 562. The zero-order chi connectivity index (χ0) is 16.5. The first-order valence-electron chi connectivity index (χ1n) is 7.36. The Morgan fingerprint density at radius 3 is 2.32 bits per heavy atom. The topological polar surface area (TPSA) is 59.6 Å². The van der Waals surface area contributed by atoms with E-state index < -0.39 is 30.2 Å². The second-order valence-corrected chi connectivity index (χ2v) is 6.31. The van der Waals surface area contributed by atoms with Crippen molar-refractivity contribution >= 4 is 24.3 Å². The van der Waals surface area contributed by atoms with Gasteiger partial charge < -0.3 is 19.9 Å². The van der Waals surface area contributed by atoms with Gasteiger partial charge in [0, 0.05) is 6.54 Å². The molecule has 1 aromatic rings. The predicted octanol–water partition coefficient (Wildman–Crippen LogP) is 2.27. The highest BCUT2D eigenvalue weighted by Gasteiger charge is 2.51. The van der Waals surface area contributed by atoms with Crippen molar-refractivity contribution in [1.29, 1.82) is 0 Å². The number of rotatable bonds is 3. The molecule has 1 aromatic carbocycles. The van der Waals surface area contributed by atoms with Crippen LogP contribution in [0.15, 0.2) is 18.2 Å². The number of anilines is 1. The molecule has 0 saturated carbocycles. The first-order chi connectivity index (χ1) is 10.2. The fourth-order valence-electron chi connectivity index (χ4n) is 2.09. The van der Waals surface area contributed by atoms with E-state index in [-0.39, 0.29) is 5.69 Å². The third kappa shape index (κ3) is 3.25. The van der Waals surface area contributed by atoms with Crippen molar-refractivity contribution in [3.8, 4) is 0 Å². The average molecular weight is 308 g/mol. The summed E-state index contributed by atoms with van der Waals surface area (Å²) in [7, 11) is -0.627. The summed E-state index contributed by atoms with van der Waals surface area (Å²) in [5.41, 5.74) is -0.262. The molecule has 0 unspecified atom stereocenters. The van der Waals surface area contributed by atoms with Crippen molar-refractivity contribution in [2.45, 2.75) is 45.8 Å². The van der Waals surface area contributed by atoms with Crippen molar-refractivity contribution in [3.05, 3.63) is 24.0 Å². The summed E-state index contributed by atoms with van der Waals surface area (Å²) < 4.78 is 25.9. The molecule has 0 aromatic heterocycles. The molecule has 1 aliphatic heterocycles. The van der Waals surface area contributed by atoms with Gasteiger partial charge >= 0.3 is 13.1 Å². The maximum absolute atomic E-state index is 14.1. The molecule has 1 saturated heterocycles. The summed E-state index contributed by atoms with van der Waals surface area (Å²) in [6.07, 6.45) is 0. The van der Waals surface area contributed by atoms with Gasteiger partial charge in [0.05, 0.1) is 16.9 Å². The Kier molecular flexibility index (Phi) is 4.49. The van der Waals surface area contributed by atoms with Crippen molar-refractivity contribution in [3.63, 3.8) is 0 Å². The molecule has 0 bridgehead atoms. The number of carbonyl (C=O) groups is 1. The van der Waals surface area contributed by atoms with Crippen molar-refractivity contribution in [2.24, 2.45) is 0 Å². The van der Waals surface area contributed by atoms with Gasteiger partial charge in [0.15, 0.2) is 0 Å². The van der Waals surface area contributed by atoms with Crippen LogP contribution < -0.4 is 16.1 Å². The van der Waals surface area contributed by atoms with Gasteiger partial charge in [0.2, 0.25) is 0 Å². The summed E-state index contributed by atoms with van der Waals surface area (Å²) in [5.74, 6) is -0.529. The molecule has 2 rings (SSSR count). The Morgan fingerprint density at radius 2 is 1.82 bits per heavy atom. The minimum absolute atomic E-state index is 0.117. The molecule has 0 atom stereocenters. The third-order valence-corrected chi connectivity index (χ3v) is 4.10. The molecule has 0 spiro atoms. The van der Waals surface area contributed by atoms with Crippen molar-refractivity contribution in [1.82, 2.24) is 5.32 Å². The van der Waals surface area contributed by atoms with Crippen LogP contribution in [0.3, 0.4) is 0 Å². The van der Waals surface area contributed by atoms with E-state index in [1.807, 2.05) is 27.7 Å². The Hall–Kier alpha value is -1.60. The summed E-state index contributed by atoms with van der Waals surface area (Å²) in [4.78, 5) is 11.4. The molecule has 0 radical (unpaired) electrons. The molecule has 1 aliphatic rings. The van der Waals surface area contributed by atoms with E-state index in [2.05, 4.69) is 10.6 Å². The largest absolute Gasteiger partial charge is 0.494 e. The number of hydrogen-bond donors (Lipinski definition) is 2. The van der Waals surface area contributed by atoms with Crippen LogP contribution in [0.1, 0.15) is 34.6 Å². The van der Waals surface area contributed by atoms with Crippen LogP contribution in [0, 0.1) is 5.82 Å². The van der Waals surface area contributed by atoms with Crippen LogP contribution in [-0.4, -0.2) is 30.9 Å². The van der Waals surface area contributed by atoms with Crippen LogP contribution in [-0.2, 0) is 9.31 Å². The van der Waals surface area contributed by atoms with Crippen LogP contribution in [0.4, 0.5) is 14.9 Å². The number of halogens is 1. The SMILES string of the molecule is CCNC(=O)Nc1ccc(B2OC(C)(C)C(C)(C)O2)cc1F. The maximum atomic E-state index is 14.1. The number of nitrogens with one attached hydrogen (secondary N) is 2. The maximum Gasteiger partial charge on any atom is 0.494 e. The van der Waals surface area contributed by atoms with Gasteiger partial charge in [0.25, 0.3) is 0 Å². The number of hydrogen-bond acceptors (Lipinski definition) is 3. The quantitative estimate of drug-likeness (QED) is 0.842. The first-order valence-corrected chi connectivity index (χ1v) is 7.36. The van der Waals surface area contributed by atoms with E-state index in [4.69, 9.17) is 9.31 Å². The molecule has 7 heteroatoms. The molecule has 22 heavy (non-hydrogen) atoms. The molecule has 1 heterocycles. The summed E-state index contributed by atoms with van der Waals surface area (Å²) in [5, 5.41) is 5.00. The van der Waals surface area contributed by atoms with Gasteiger partial charge in [-0.3, -0.25) is 0 Å². The third-order valence-electron chi connectivity index (χ3n) is 4.10. The highest BCUT2D eigenvalue weighted by atomic mass is 19.1. The Labute approximate surface area is 130 Å². The second kappa shape index (κ2) is 5.89. The van der Waals surface area contributed by atoms with Gasteiger partial charge in [-0.15, -0.1) is 0 Å². The highest BCUT2D eigenvalue weighted by Crippen LogP contribution is 2.36. The van der Waals surface area contributed by atoms with E-state index in [1.165, 1.54) is 12.1 Å². The molecule has 120 valence electrons. The van der Waals surface area contributed by atoms with E-state index in [0.717, 1.165) is 0 Å². The first kappa shape index (κ1) is 16.8. The predicted molar refractivity (Wildman–Crippen MR) is 84.8 cm³/mol. The van der Waals surface area contributed by atoms with E-state index in [9.17, 15) is 9.18 Å². The smallest absolute Gasteiger partial charge is 0.399 e. The monoisotopic (exact) mass is 308 g/mol. The van der Waals surface area contributed by atoms with Crippen molar-refractivity contribution < 1.29 is 18.5 Å². The molecular formula is C15H22BFN2O3. The number of carbonyl (C=O) groups excluding carboxylic acids is 1. The summed E-state index contributed by atoms with van der Waals surface area (Å²) >= 11 is 0. The van der Waals surface area contributed by atoms with Crippen molar-refractivity contribution in [2.75, 3.05) is 11.9 Å². The zero-order valence-corrected chi connectivity index (χ0v) is 13.6. The number of urea groups is 1. The molecule has 0 aliphatic carbocycles. The minimum atomic E-state index is -0.627. The highest BCUT2D eigenvalue weighted by molar-refractivity contribution is 6.62. The molecule has 2 amide bonds. The van der Waals surface area contributed by atoms with Crippen LogP contribution >= 0.6 is 0 Å². The van der Waals surface area contributed by atoms with Crippen LogP contribution in [0.25, 0.3) is 0 Å². The van der Waals surface area contributed by atoms with E-state index in [1.54, 1.807) is 13.0 Å².